The molecule has 1 aromatic heterocycles. The van der Waals surface area contributed by atoms with Gasteiger partial charge in [0.05, 0.1) is 17.1 Å². The minimum Gasteiger partial charge on any atom is -0.399 e. The van der Waals surface area contributed by atoms with Gasteiger partial charge >= 0.3 is 0 Å². The molecule has 0 aliphatic heterocycles. The van der Waals surface area contributed by atoms with Gasteiger partial charge in [0.25, 0.3) is 0 Å². The average molecular weight is 267 g/mol. The van der Waals surface area contributed by atoms with Crippen LogP contribution in [0.15, 0.2) is 41.8 Å². The van der Waals surface area contributed by atoms with Crippen LogP contribution in [0.3, 0.4) is 0 Å². The Labute approximate surface area is 118 Å². The molecule has 102 valence electrons. The van der Waals surface area contributed by atoms with Crippen molar-refractivity contribution in [3.05, 3.63) is 59.2 Å². The number of hydrogen-bond donors (Lipinski definition) is 0. The monoisotopic (exact) mass is 267 g/mol. The van der Waals surface area contributed by atoms with Crippen molar-refractivity contribution in [1.82, 2.24) is 9.97 Å². The molecule has 0 saturated carbocycles. The van der Waals surface area contributed by atoms with Crippen molar-refractivity contribution in [2.24, 2.45) is 5.16 Å². The summed E-state index contributed by atoms with van der Waals surface area (Å²) in [6, 6.07) is 10.5. The maximum absolute atomic E-state index is 5.01. The first-order valence-electron chi connectivity index (χ1n) is 6.75. The molecule has 3 rings (SSSR count). The number of aryl methyl sites for hydroxylation is 1. The number of nitrogens with zero attached hydrogens (tertiary/aromatic N) is 3. The van der Waals surface area contributed by atoms with Crippen LogP contribution in [0.2, 0.25) is 0 Å². The van der Waals surface area contributed by atoms with Crippen LogP contribution in [-0.4, -0.2) is 22.8 Å². The van der Waals surface area contributed by atoms with E-state index in [1.54, 1.807) is 13.4 Å². The molecule has 1 unspecified atom stereocenters. The zero-order chi connectivity index (χ0) is 13.9. The summed E-state index contributed by atoms with van der Waals surface area (Å²) in [5.41, 5.74) is 5.35. The number of rotatable bonds is 2. The van der Waals surface area contributed by atoms with Gasteiger partial charge in [-0.05, 0) is 24.8 Å². The van der Waals surface area contributed by atoms with Gasteiger partial charge in [0.2, 0.25) is 0 Å². The third-order valence-electron chi connectivity index (χ3n) is 3.76. The van der Waals surface area contributed by atoms with Crippen LogP contribution >= 0.6 is 0 Å². The molecule has 4 heteroatoms. The summed E-state index contributed by atoms with van der Waals surface area (Å²) in [6.45, 7) is 1.99. The van der Waals surface area contributed by atoms with Crippen LogP contribution in [0, 0.1) is 6.92 Å². The summed E-state index contributed by atoms with van der Waals surface area (Å²) in [7, 11) is 1.58. The maximum Gasteiger partial charge on any atom is 0.115 e. The van der Waals surface area contributed by atoms with Crippen molar-refractivity contribution in [1.29, 1.82) is 0 Å². The average Bonchev–Trinajstić information content (AvgIpc) is 2.48. The van der Waals surface area contributed by atoms with E-state index < -0.39 is 0 Å². The van der Waals surface area contributed by atoms with E-state index in [2.05, 4.69) is 39.4 Å². The van der Waals surface area contributed by atoms with E-state index in [-0.39, 0.29) is 0 Å². The summed E-state index contributed by atoms with van der Waals surface area (Å²) in [4.78, 5) is 13.7. The van der Waals surface area contributed by atoms with Gasteiger partial charge in [-0.15, -0.1) is 0 Å². The van der Waals surface area contributed by atoms with Gasteiger partial charge in [-0.25, -0.2) is 9.97 Å². The van der Waals surface area contributed by atoms with Crippen molar-refractivity contribution in [2.45, 2.75) is 25.7 Å². The predicted molar refractivity (Wildman–Crippen MR) is 77.8 cm³/mol. The Morgan fingerprint density at radius 3 is 2.70 bits per heavy atom. The van der Waals surface area contributed by atoms with E-state index in [1.807, 2.05) is 13.0 Å². The topological polar surface area (TPSA) is 47.4 Å². The largest absolute Gasteiger partial charge is 0.399 e. The third kappa shape index (κ3) is 2.29. The number of aromatic nitrogens is 2. The van der Waals surface area contributed by atoms with Crippen molar-refractivity contribution in [2.75, 3.05) is 7.11 Å². The highest BCUT2D eigenvalue weighted by atomic mass is 16.6. The Kier molecular flexibility index (Phi) is 3.46. The lowest BCUT2D eigenvalue weighted by Gasteiger charge is -2.25. The third-order valence-corrected chi connectivity index (χ3v) is 3.76. The van der Waals surface area contributed by atoms with E-state index >= 15 is 0 Å². The normalized spacial score (nSPS) is 19.7. The predicted octanol–water partition coefficient (Wildman–Crippen LogP) is 2.87. The lowest BCUT2D eigenvalue weighted by Crippen LogP contribution is -2.22. The SMILES string of the molecule is CON=C1CC(c2ccccc2)Cc2ncnc(C)c21. The van der Waals surface area contributed by atoms with E-state index in [0.717, 1.165) is 35.5 Å². The van der Waals surface area contributed by atoms with Gasteiger partial charge in [0.1, 0.15) is 13.4 Å². The van der Waals surface area contributed by atoms with Gasteiger partial charge in [-0.1, -0.05) is 35.5 Å². The Morgan fingerprint density at radius 2 is 1.95 bits per heavy atom. The van der Waals surface area contributed by atoms with E-state index in [9.17, 15) is 0 Å². The molecule has 1 aliphatic carbocycles. The molecule has 0 N–H and O–H groups in total. The fourth-order valence-electron chi connectivity index (χ4n) is 2.85. The first-order valence-corrected chi connectivity index (χ1v) is 6.75. The highest BCUT2D eigenvalue weighted by molar-refractivity contribution is 6.03. The van der Waals surface area contributed by atoms with Crippen molar-refractivity contribution in [3.63, 3.8) is 0 Å². The van der Waals surface area contributed by atoms with Gasteiger partial charge in [-0.2, -0.15) is 0 Å². The van der Waals surface area contributed by atoms with Crippen LogP contribution in [0.25, 0.3) is 0 Å². The van der Waals surface area contributed by atoms with Gasteiger partial charge < -0.3 is 4.84 Å². The molecule has 0 amide bonds. The molecule has 4 nitrogen and oxygen atoms in total. The zero-order valence-electron chi connectivity index (χ0n) is 11.7. The minimum atomic E-state index is 0.395. The fraction of sp³-hybridized carbons (Fsp3) is 0.312. The highest BCUT2D eigenvalue weighted by Gasteiger charge is 2.28. The smallest absolute Gasteiger partial charge is 0.115 e. The first kappa shape index (κ1) is 12.8. The minimum absolute atomic E-state index is 0.395. The molecule has 1 aliphatic rings. The Morgan fingerprint density at radius 1 is 1.15 bits per heavy atom. The van der Waals surface area contributed by atoms with Crippen LogP contribution in [-0.2, 0) is 11.3 Å². The number of benzene rings is 1. The molecular formula is C16H17N3O. The van der Waals surface area contributed by atoms with Crippen LogP contribution in [0.4, 0.5) is 0 Å². The molecule has 2 aromatic rings. The Hall–Kier alpha value is -2.23. The summed E-state index contributed by atoms with van der Waals surface area (Å²) < 4.78 is 0. The molecular weight excluding hydrogens is 250 g/mol. The van der Waals surface area contributed by atoms with Crippen molar-refractivity contribution >= 4 is 5.71 Å². The molecule has 20 heavy (non-hydrogen) atoms. The zero-order valence-corrected chi connectivity index (χ0v) is 11.7. The quantitative estimate of drug-likeness (QED) is 0.786. The standard InChI is InChI=1S/C16H17N3O/c1-11-16-14(18-10-17-11)8-13(9-15(16)19-20-2)12-6-4-3-5-7-12/h3-7,10,13H,8-9H2,1-2H3. The second kappa shape index (κ2) is 5.41. The number of hydrogen-bond acceptors (Lipinski definition) is 4. The molecule has 0 fully saturated rings. The van der Waals surface area contributed by atoms with Crippen molar-refractivity contribution in [3.8, 4) is 0 Å². The van der Waals surface area contributed by atoms with E-state index in [0.29, 0.717) is 5.92 Å². The van der Waals surface area contributed by atoms with E-state index in [1.165, 1.54) is 5.56 Å². The number of oxime groups is 1. The van der Waals surface area contributed by atoms with Crippen LogP contribution < -0.4 is 0 Å². The summed E-state index contributed by atoms with van der Waals surface area (Å²) in [5.74, 6) is 0.395. The van der Waals surface area contributed by atoms with Crippen LogP contribution in [0.1, 0.15) is 34.9 Å². The second-order valence-electron chi connectivity index (χ2n) is 5.02. The molecule has 0 bridgehead atoms. The van der Waals surface area contributed by atoms with Gasteiger partial charge in [0.15, 0.2) is 0 Å². The van der Waals surface area contributed by atoms with E-state index in [4.69, 9.17) is 4.84 Å². The Balaban J connectivity index is 2.04. The lowest BCUT2D eigenvalue weighted by atomic mass is 9.81. The molecule has 1 aromatic carbocycles. The summed E-state index contributed by atoms with van der Waals surface area (Å²) >= 11 is 0. The maximum atomic E-state index is 5.01. The fourth-order valence-corrected chi connectivity index (χ4v) is 2.85. The molecule has 1 atom stereocenters. The highest BCUT2D eigenvalue weighted by Crippen LogP contribution is 2.32. The van der Waals surface area contributed by atoms with Crippen LogP contribution in [0.5, 0.6) is 0 Å². The molecule has 0 radical (unpaired) electrons. The second-order valence-corrected chi connectivity index (χ2v) is 5.02. The lowest BCUT2D eigenvalue weighted by molar-refractivity contribution is 0.212. The van der Waals surface area contributed by atoms with Gasteiger partial charge in [0, 0.05) is 12.0 Å². The molecule has 0 spiro atoms. The summed E-state index contributed by atoms with van der Waals surface area (Å²) in [5, 5.41) is 4.20. The number of fused-ring (bicyclic) bond motifs is 1. The molecule has 1 heterocycles. The van der Waals surface area contributed by atoms with Gasteiger partial charge in [-0.3, -0.25) is 0 Å². The Bertz CT molecular complexity index is 637. The first-order chi connectivity index (χ1) is 9.79. The van der Waals surface area contributed by atoms with Crippen molar-refractivity contribution < 1.29 is 4.84 Å². The summed E-state index contributed by atoms with van der Waals surface area (Å²) in [6.07, 6.45) is 3.41. The molecule has 0 saturated heterocycles.